The first-order valence-corrected chi connectivity index (χ1v) is 11.4. The fraction of sp³-hybridized carbons (Fsp3) is 0.350. The van der Waals surface area contributed by atoms with Crippen molar-refractivity contribution in [1.29, 1.82) is 0 Å². The van der Waals surface area contributed by atoms with E-state index in [4.69, 9.17) is 23.2 Å². The number of carbonyl (C=O) groups excluding carboxylic acids is 1. The number of rotatable bonds is 6. The summed E-state index contributed by atoms with van der Waals surface area (Å²) in [5, 5.41) is 12.6. The SMILES string of the molecule is O=C(NCc1cccc(CO)c1)C1CCN(S(=O)(=O)c2cc(Cl)cc(Cl)c2)CC1. The number of aliphatic hydroxyl groups is 1. The zero-order valence-electron chi connectivity index (χ0n) is 15.6. The van der Waals surface area contributed by atoms with Crippen LogP contribution >= 0.6 is 23.2 Å². The monoisotopic (exact) mass is 456 g/mol. The third kappa shape index (κ3) is 5.49. The van der Waals surface area contributed by atoms with Crippen LogP contribution in [-0.2, 0) is 28.0 Å². The smallest absolute Gasteiger partial charge is 0.243 e. The van der Waals surface area contributed by atoms with Crippen molar-refractivity contribution in [1.82, 2.24) is 9.62 Å². The van der Waals surface area contributed by atoms with Crippen LogP contribution in [0.5, 0.6) is 0 Å². The number of halogens is 2. The molecule has 29 heavy (non-hydrogen) atoms. The first-order valence-electron chi connectivity index (χ1n) is 9.22. The second kappa shape index (κ2) is 9.45. The third-order valence-corrected chi connectivity index (χ3v) is 7.25. The molecule has 2 aromatic rings. The zero-order valence-corrected chi connectivity index (χ0v) is 18.0. The Labute approximate surface area is 180 Å². The fourth-order valence-corrected chi connectivity index (χ4v) is 5.55. The van der Waals surface area contributed by atoms with Crippen LogP contribution < -0.4 is 5.32 Å². The van der Waals surface area contributed by atoms with E-state index in [2.05, 4.69) is 5.32 Å². The van der Waals surface area contributed by atoms with Gasteiger partial charge in [-0.15, -0.1) is 0 Å². The highest BCUT2D eigenvalue weighted by Crippen LogP contribution is 2.28. The molecule has 0 saturated carbocycles. The van der Waals surface area contributed by atoms with E-state index in [-0.39, 0.29) is 46.5 Å². The molecule has 1 heterocycles. The van der Waals surface area contributed by atoms with E-state index < -0.39 is 10.0 Å². The maximum absolute atomic E-state index is 12.8. The van der Waals surface area contributed by atoms with Gasteiger partial charge in [-0.05, 0) is 42.2 Å². The van der Waals surface area contributed by atoms with Gasteiger partial charge in [0.1, 0.15) is 0 Å². The number of benzene rings is 2. The van der Waals surface area contributed by atoms with Crippen LogP contribution in [0.4, 0.5) is 0 Å². The summed E-state index contributed by atoms with van der Waals surface area (Å²) in [5.41, 5.74) is 1.69. The number of hydrogen-bond donors (Lipinski definition) is 2. The molecule has 1 aliphatic rings. The predicted molar refractivity (Wildman–Crippen MR) is 112 cm³/mol. The van der Waals surface area contributed by atoms with E-state index >= 15 is 0 Å². The van der Waals surface area contributed by atoms with Gasteiger partial charge in [-0.3, -0.25) is 4.79 Å². The second-order valence-electron chi connectivity index (χ2n) is 6.98. The van der Waals surface area contributed by atoms with Crippen molar-refractivity contribution in [2.45, 2.75) is 30.9 Å². The quantitative estimate of drug-likeness (QED) is 0.698. The van der Waals surface area contributed by atoms with Gasteiger partial charge in [-0.1, -0.05) is 47.5 Å². The summed E-state index contributed by atoms with van der Waals surface area (Å²) in [6.07, 6.45) is 0.881. The molecule has 0 spiro atoms. The highest BCUT2D eigenvalue weighted by Gasteiger charge is 2.32. The molecule has 156 valence electrons. The lowest BCUT2D eigenvalue weighted by Gasteiger charge is -2.30. The van der Waals surface area contributed by atoms with Gasteiger partial charge in [0.25, 0.3) is 0 Å². The molecule has 2 aromatic carbocycles. The second-order valence-corrected chi connectivity index (χ2v) is 9.79. The van der Waals surface area contributed by atoms with Gasteiger partial charge in [-0.25, -0.2) is 8.42 Å². The van der Waals surface area contributed by atoms with Crippen molar-refractivity contribution in [3.8, 4) is 0 Å². The molecule has 0 bridgehead atoms. The summed E-state index contributed by atoms with van der Waals surface area (Å²) in [5.74, 6) is -0.340. The summed E-state index contributed by atoms with van der Waals surface area (Å²) in [6, 6.07) is 11.6. The predicted octanol–water partition coefficient (Wildman–Crippen LogP) is 3.20. The maximum Gasteiger partial charge on any atom is 0.243 e. The molecular formula is C20H22Cl2N2O4S. The first-order chi connectivity index (χ1) is 13.8. The number of amides is 1. The van der Waals surface area contributed by atoms with Gasteiger partial charge in [-0.2, -0.15) is 4.31 Å². The van der Waals surface area contributed by atoms with E-state index in [0.29, 0.717) is 19.4 Å². The molecule has 0 aliphatic carbocycles. The van der Waals surface area contributed by atoms with Crippen LogP contribution in [-0.4, -0.2) is 36.8 Å². The number of nitrogens with zero attached hydrogens (tertiary/aromatic N) is 1. The van der Waals surface area contributed by atoms with Gasteiger partial charge in [0.2, 0.25) is 15.9 Å². The number of piperidine rings is 1. The Morgan fingerprint density at radius 3 is 2.31 bits per heavy atom. The van der Waals surface area contributed by atoms with Crippen molar-refractivity contribution >= 4 is 39.1 Å². The van der Waals surface area contributed by atoms with Crippen molar-refractivity contribution in [3.05, 3.63) is 63.6 Å². The average molecular weight is 457 g/mol. The molecule has 0 unspecified atom stereocenters. The van der Waals surface area contributed by atoms with Gasteiger partial charge in [0.15, 0.2) is 0 Å². The van der Waals surface area contributed by atoms with Gasteiger partial charge in [0, 0.05) is 35.6 Å². The minimum atomic E-state index is -3.71. The van der Waals surface area contributed by atoms with Crippen LogP contribution in [0.2, 0.25) is 10.0 Å². The topological polar surface area (TPSA) is 86.7 Å². The molecule has 1 amide bonds. The molecule has 0 radical (unpaired) electrons. The lowest BCUT2D eigenvalue weighted by atomic mass is 9.97. The summed E-state index contributed by atoms with van der Waals surface area (Å²) >= 11 is 11.9. The van der Waals surface area contributed by atoms with Crippen LogP contribution in [0, 0.1) is 5.92 Å². The Morgan fingerprint density at radius 2 is 1.69 bits per heavy atom. The standard InChI is InChI=1S/C20H22Cl2N2O4S/c21-17-9-18(22)11-19(10-17)29(27,28)24-6-4-16(5-7-24)20(26)23-12-14-2-1-3-15(8-14)13-25/h1-3,8-11,16,25H,4-7,12-13H2,(H,23,26). The van der Waals surface area contributed by atoms with Crippen molar-refractivity contribution < 1.29 is 18.3 Å². The molecule has 1 aliphatic heterocycles. The van der Waals surface area contributed by atoms with E-state index in [1.54, 1.807) is 0 Å². The lowest BCUT2D eigenvalue weighted by Crippen LogP contribution is -2.42. The van der Waals surface area contributed by atoms with Gasteiger partial charge >= 0.3 is 0 Å². The van der Waals surface area contributed by atoms with E-state index in [1.807, 2.05) is 24.3 Å². The average Bonchev–Trinajstić information content (AvgIpc) is 2.71. The lowest BCUT2D eigenvalue weighted by molar-refractivity contribution is -0.126. The fourth-order valence-electron chi connectivity index (χ4n) is 3.36. The Balaban J connectivity index is 1.57. The number of hydrogen-bond acceptors (Lipinski definition) is 4. The van der Waals surface area contributed by atoms with Gasteiger partial charge < -0.3 is 10.4 Å². The molecule has 9 heteroatoms. The highest BCUT2D eigenvalue weighted by atomic mass is 35.5. The third-order valence-electron chi connectivity index (χ3n) is 4.94. The van der Waals surface area contributed by atoms with Crippen LogP contribution in [0.15, 0.2) is 47.4 Å². The molecule has 2 N–H and O–H groups in total. The number of nitrogens with one attached hydrogen (secondary N) is 1. The summed E-state index contributed by atoms with van der Waals surface area (Å²) in [7, 11) is -3.71. The zero-order chi connectivity index (χ0) is 21.0. The van der Waals surface area contributed by atoms with Gasteiger partial charge in [0.05, 0.1) is 11.5 Å². The van der Waals surface area contributed by atoms with Crippen molar-refractivity contribution in [2.24, 2.45) is 5.92 Å². The van der Waals surface area contributed by atoms with Crippen LogP contribution in [0.3, 0.4) is 0 Å². The first kappa shape index (κ1) is 22.1. The number of carbonyl (C=O) groups is 1. The maximum atomic E-state index is 12.8. The Hall–Kier alpha value is -1.64. The van der Waals surface area contributed by atoms with Crippen molar-refractivity contribution in [3.63, 3.8) is 0 Å². The van der Waals surface area contributed by atoms with E-state index in [1.165, 1.54) is 22.5 Å². The molecule has 0 aromatic heterocycles. The molecule has 3 rings (SSSR count). The number of aliphatic hydroxyl groups excluding tert-OH is 1. The normalized spacial score (nSPS) is 16.0. The molecule has 0 atom stereocenters. The largest absolute Gasteiger partial charge is 0.392 e. The summed E-state index contributed by atoms with van der Waals surface area (Å²) in [6.45, 7) is 0.827. The van der Waals surface area contributed by atoms with Crippen LogP contribution in [0.25, 0.3) is 0 Å². The van der Waals surface area contributed by atoms with Crippen LogP contribution in [0.1, 0.15) is 24.0 Å². The Bertz CT molecular complexity index is 969. The molecule has 1 saturated heterocycles. The Kier molecular flexibility index (Phi) is 7.19. The van der Waals surface area contributed by atoms with E-state index in [9.17, 15) is 18.3 Å². The molecular weight excluding hydrogens is 435 g/mol. The number of sulfonamides is 1. The highest BCUT2D eigenvalue weighted by molar-refractivity contribution is 7.89. The van der Waals surface area contributed by atoms with Crippen molar-refractivity contribution in [2.75, 3.05) is 13.1 Å². The minimum Gasteiger partial charge on any atom is -0.392 e. The van der Waals surface area contributed by atoms with E-state index in [0.717, 1.165) is 11.1 Å². The molecule has 6 nitrogen and oxygen atoms in total. The Morgan fingerprint density at radius 1 is 1.07 bits per heavy atom. The molecule has 1 fully saturated rings. The minimum absolute atomic E-state index is 0.0490. The summed E-state index contributed by atoms with van der Waals surface area (Å²) in [4.78, 5) is 12.5. The summed E-state index contributed by atoms with van der Waals surface area (Å²) < 4.78 is 27.0.